The third-order valence-corrected chi connectivity index (χ3v) is 1.14. The van der Waals surface area contributed by atoms with Gasteiger partial charge in [0.1, 0.15) is 0 Å². The van der Waals surface area contributed by atoms with E-state index < -0.39 is 0 Å². The topological polar surface area (TPSA) is 17.1 Å². The summed E-state index contributed by atoms with van der Waals surface area (Å²) in [5, 5.41) is 0. The molecule has 0 aromatic rings. The lowest BCUT2D eigenvalue weighted by molar-refractivity contribution is -0.113. The van der Waals surface area contributed by atoms with E-state index in [4.69, 9.17) is 0 Å². The summed E-state index contributed by atoms with van der Waals surface area (Å²) in [6, 6.07) is 0. The smallest absolute Gasteiger partial charge is 0.161 e. The van der Waals surface area contributed by atoms with Gasteiger partial charge in [-0.3, -0.25) is 4.79 Å². The van der Waals surface area contributed by atoms with Crippen molar-refractivity contribution in [1.29, 1.82) is 0 Å². The summed E-state index contributed by atoms with van der Waals surface area (Å²) in [6.45, 7) is 7.14. The predicted octanol–water partition coefficient (Wildman–Crippen LogP) is 1.75. The van der Waals surface area contributed by atoms with Crippen LogP contribution in [0.5, 0.6) is 0 Å². The van der Waals surface area contributed by atoms with E-state index in [2.05, 4.69) is 6.58 Å². The first-order valence-corrected chi connectivity index (χ1v) is 2.71. The molecule has 8 heavy (non-hydrogen) atoms. The van der Waals surface area contributed by atoms with Crippen LogP contribution in [0.15, 0.2) is 12.7 Å². The van der Waals surface area contributed by atoms with Crippen LogP contribution in [0.2, 0.25) is 0 Å². The highest BCUT2D eigenvalue weighted by Gasteiger charge is 2.04. The maximum atomic E-state index is 10.6. The second kappa shape index (κ2) is 3.42. The first-order valence-electron chi connectivity index (χ1n) is 2.71. The van der Waals surface area contributed by atoms with Crippen molar-refractivity contribution < 1.29 is 4.79 Å². The molecule has 1 radical (unpaired) electrons. The monoisotopic (exact) mass is 111 g/mol. The van der Waals surface area contributed by atoms with E-state index >= 15 is 0 Å². The molecule has 0 atom stereocenters. The van der Waals surface area contributed by atoms with Crippen molar-refractivity contribution in [3.63, 3.8) is 0 Å². The second-order valence-electron chi connectivity index (χ2n) is 1.70. The van der Waals surface area contributed by atoms with Gasteiger partial charge in [0.15, 0.2) is 5.78 Å². The molecule has 1 nitrogen and oxygen atoms in total. The highest BCUT2D eigenvalue weighted by molar-refractivity contribution is 6.00. The number of hydrogen-bond acceptors (Lipinski definition) is 1. The van der Waals surface area contributed by atoms with Crippen LogP contribution in [0.1, 0.15) is 20.3 Å². The lowest BCUT2D eigenvalue weighted by Crippen LogP contribution is -2.02. The Morgan fingerprint density at radius 2 is 2.25 bits per heavy atom. The second-order valence-corrected chi connectivity index (χ2v) is 1.70. The zero-order valence-electron chi connectivity index (χ0n) is 5.40. The zero-order valence-corrected chi connectivity index (χ0v) is 5.40. The molecule has 0 bridgehead atoms. The Morgan fingerprint density at radius 3 is 2.38 bits per heavy atom. The maximum absolute atomic E-state index is 10.6. The normalized spacial score (nSPS) is 9.38. The van der Waals surface area contributed by atoms with Crippen LogP contribution in [0.25, 0.3) is 0 Å². The third kappa shape index (κ3) is 1.92. The van der Waals surface area contributed by atoms with Gasteiger partial charge in [0.2, 0.25) is 0 Å². The summed E-state index contributed by atoms with van der Waals surface area (Å²) in [7, 11) is 0. The Kier molecular flexibility index (Phi) is 3.16. The Bertz CT molecular complexity index is 94.6. The largest absolute Gasteiger partial charge is 0.294 e. The fourth-order valence-corrected chi connectivity index (χ4v) is 0.348. The van der Waals surface area contributed by atoms with E-state index in [1.165, 1.54) is 6.08 Å². The van der Waals surface area contributed by atoms with Crippen molar-refractivity contribution in [1.82, 2.24) is 0 Å². The van der Waals surface area contributed by atoms with Crippen LogP contribution >= 0.6 is 0 Å². The number of hydrogen-bond donors (Lipinski definition) is 0. The molecule has 0 aliphatic rings. The lowest BCUT2D eigenvalue weighted by Gasteiger charge is -1.98. The van der Waals surface area contributed by atoms with Crippen molar-refractivity contribution >= 4 is 5.78 Å². The molecule has 45 valence electrons. The highest BCUT2D eigenvalue weighted by Crippen LogP contribution is 2.04. The van der Waals surface area contributed by atoms with Gasteiger partial charge < -0.3 is 0 Å². The Hall–Kier alpha value is -0.590. The van der Waals surface area contributed by atoms with E-state index in [1.54, 1.807) is 0 Å². The van der Waals surface area contributed by atoms with Crippen molar-refractivity contribution in [3.8, 4) is 0 Å². The average Bonchev–Trinajstić information content (AvgIpc) is 1.84. The van der Waals surface area contributed by atoms with Crippen LogP contribution in [0.4, 0.5) is 0 Å². The quantitative estimate of drug-likeness (QED) is 0.507. The van der Waals surface area contributed by atoms with Crippen LogP contribution in [-0.2, 0) is 4.79 Å². The summed E-state index contributed by atoms with van der Waals surface area (Å²) in [4.78, 5) is 10.6. The molecule has 0 heterocycles. The summed E-state index contributed by atoms with van der Waals surface area (Å²) < 4.78 is 0. The molecule has 0 aromatic heterocycles. The minimum absolute atomic E-state index is 0.0625. The number of ketones is 1. The molecule has 0 aliphatic heterocycles. The standard InChI is InChI=1S/C7H11O/c1-4-6(3)7(8)5-2/h5H,2,4H2,1,3H3. The molecule has 0 saturated carbocycles. The van der Waals surface area contributed by atoms with Crippen molar-refractivity contribution in [2.75, 3.05) is 0 Å². The Balaban J connectivity index is 3.62. The molecular weight excluding hydrogens is 100 g/mol. The fraction of sp³-hybridized carbons (Fsp3) is 0.429. The molecular formula is C7H11O. The summed E-state index contributed by atoms with van der Waals surface area (Å²) in [5.74, 6) is 0.938. The average molecular weight is 111 g/mol. The minimum Gasteiger partial charge on any atom is -0.294 e. The van der Waals surface area contributed by atoms with E-state index in [9.17, 15) is 4.79 Å². The lowest BCUT2D eigenvalue weighted by atomic mass is 10.0. The summed E-state index contributed by atoms with van der Waals surface area (Å²) in [5.41, 5.74) is 0. The number of carbonyl (C=O) groups is 1. The Morgan fingerprint density at radius 1 is 1.75 bits per heavy atom. The summed E-state index contributed by atoms with van der Waals surface area (Å²) in [6.07, 6.45) is 2.17. The van der Waals surface area contributed by atoms with Gasteiger partial charge >= 0.3 is 0 Å². The van der Waals surface area contributed by atoms with Gasteiger partial charge in [-0.25, -0.2) is 0 Å². The molecule has 1 heteroatoms. The molecule has 0 rings (SSSR count). The van der Waals surface area contributed by atoms with Gasteiger partial charge in [0.05, 0.1) is 0 Å². The van der Waals surface area contributed by atoms with E-state index in [-0.39, 0.29) is 5.78 Å². The maximum Gasteiger partial charge on any atom is 0.161 e. The molecule has 0 saturated heterocycles. The van der Waals surface area contributed by atoms with Gasteiger partial charge in [-0.15, -0.1) is 0 Å². The van der Waals surface area contributed by atoms with Gasteiger partial charge in [-0.1, -0.05) is 20.4 Å². The van der Waals surface area contributed by atoms with Gasteiger partial charge in [0.25, 0.3) is 0 Å². The minimum atomic E-state index is 0.0625. The van der Waals surface area contributed by atoms with Crippen LogP contribution in [0.3, 0.4) is 0 Å². The first-order chi connectivity index (χ1) is 3.72. The molecule has 0 unspecified atom stereocenters. The fourth-order valence-electron chi connectivity index (χ4n) is 0.348. The van der Waals surface area contributed by atoms with E-state index in [0.29, 0.717) is 0 Å². The third-order valence-electron chi connectivity index (χ3n) is 1.14. The number of allylic oxidation sites excluding steroid dienone is 1. The molecule has 0 fully saturated rings. The van der Waals surface area contributed by atoms with Crippen LogP contribution in [0, 0.1) is 5.92 Å². The molecule has 0 spiro atoms. The molecule has 0 aliphatic carbocycles. The molecule has 0 amide bonds. The van der Waals surface area contributed by atoms with Crippen LogP contribution in [-0.4, -0.2) is 5.78 Å². The van der Waals surface area contributed by atoms with Gasteiger partial charge in [-0.2, -0.15) is 0 Å². The first kappa shape index (κ1) is 7.41. The molecule has 0 aromatic carbocycles. The van der Waals surface area contributed by atoms with Gasteiger partial charge in [-0.05, 0) is 12.5 Å². The number of rotatable bonds is 3. The Labute approximate surface area is 50.4 Å². The van der Waals surface area contributed by atoms with Crippen molar-refractivity contribution in [3.05, 3.63) is 18.6 Å². The summed E-state index contributed by atoms with van der Waals surface area (Å²) >= 11 is 0. The SMILES string of the molecule is C=CC(=O)[C](C)CC. The van der Waals surface area contributed by atoms with Gasteiger partial charge in [0, 0.05) is 5.92 Å². The predicted molar refractivity (Wildman–Crippen MR) is 34.4 cm³/mol. The van der Waals surface area contributed by atoms with Crippen molar-refractivity contribution in [2.24, 2.45) is 0 Å². The zero-order chi connectivity index (χ0) is 6.57. The van der Waals surface area contributed by atoms with E-state index in [1.807, 2.05) is 13.8 Å². The van der Waals surface area contributed by atoms with Crippen molar-refractivity contribution in [2.45, 2.75) is 20.3 Å². The molecule has 0 N–H and O–H groups in total. The highest BCUT2D eigenvalue weighted by atomic mass is 16.1. The van der Waals surface area contributed by atoms with Crippen LogP contribution < -0.4 is 0 Å². The van der Waals surface area contributed by atoms with E-state index in [0.717, 1.165) is 12.3 Å². The number of carbonyl (C=O) groups excluding carboxylic acids is 1.